The summed E-state index contributed by atoms with van der Waals surface area (Å²) in [5.74, 6) is 0.940. The van der Waals surface area contributed by atoms with E-state index in [-0.39, 0.29) is 0 Å². The van der Waals surface area contributed by atoms with Gasteiger partial charge in [0, 0.05) is 12.1 Å². The van der Waals surface area contributed by atoms with E-state index >= 15 is 0 Å². The van der Waals surface area contributed by atoms with Gasteiger partial charge in [-0.3, -0.25) is 0 Å². The topological polar surface area (TPSA) is 21.9 Å². The molecular formula is C9H17N. The monoisotopic (exact) mass is 139 g/mol. The Morgan fingerprint density at radius 1 is 1.30 bits per heavy atom. The van der Waals surface area contributed by atoms with E-state index in [1.54, 1.807) is 0 Å². The molecule has 58 valence electrons. The van der Waals surface area contributed by atoms with Crippen LogP contribution in [0.15, 0.2) is 0 Å². The minimum atomic E-state index is 0.622. The first kappa shape index (κ1) is 6.66. The van der Waals surface area contributed by atoms with E-state index in [0.29, 0.717) is 5.54 Å². The molecule has 2 rings (SSSR count). The summed E-state index contributed by atoms with van der Waals surface area (Å²) in [4.78, 5) is 0. The van der Waals surface area contributed by atoms with Crippen molar-refractivity contribution in [3.8, 4) is 0 Å². The van der Waals surface area contributed by atoms with E-state index in [1.807, 2.05) is 0 Å². The highest BCUT2D eigenvalue weighted by molar-refractivity contribution is 5.07. The van der Waals surface area contributed by atoms with Crippen LogP contribution >= 0.6 is 0 Å². The second-order valence-corrected chi connectivity index (χ2v) is 4.01. The number of hydrogen-bond acceptors (Lipinski definition) is 1. The summed E-state index contributed by atoms with van der Waals surface area (Å²) in [6.45, 7) is 3.71. The van der Waals surface area contributed by atoms with Crippen molar-refractivity contribution < 1.29 is 0 Å². The highest BCUT2D eigenvalue weighted by Gasteiger charge is 2.46. The molecular weight excluding hydrogens is 122 g/mol. The van der Waals surface area contributed by atoms with E-state index < -0.39 is 0 Å². The average Bonchev–Trinajstić information content (AvgIpc) is 2.69. The number of rotatable bonds is 0. The Kier molecular flexibility index (Phi) is 1.48. The van der Waals surface area contributed by atoms with Gasteiger partial charge in [0.1, 0.15) is 0 Å². The van der Waals surface area contributed by atoms with Crippen molar-refractivity contribution in [3.05, 3.63) is 0 Å². The lowest BCUT2D eigenvalue weighted by Crippen LogP contribution is -2.23. The van der Waals surface area contributed by atoms with E-state index in [0.717, 1.165) is 5.92 Å². The van der Waals surface area contributed by atoms with Gasteiger partial charge in [-0.25, -0.2) is 0 Å². The second-order valence-electron chi connectivity index (χ2n) is 4.01. The second kappa shape index (κ2) is 2.23. The predicted molar refractivity (Wildman–Crippen MR) is 43.0 cm³/mol. The Morgan fingerprint density at radius 2 is 2.10 bits per heavy atom. The lowest BCUT2D eigenvalue weighted by atomic mass is 9.89. The van der Waals surface area contributed by atoms with Gasteiger partial charge in [0.2, 0.25) is 0 Å². The molecule has 1 N–H and O–H groups in total. The molecule has 0 aromatic rings. The summed E-state index contributed by atoms with van der Waals surface area (Å²) >= 11 is 0. The van der Waals surface area contributed by atoms with Gasteiger partial charge in [0.05, 0.1) is 0 Å². The minimum absolute atomic E-state index is 0.622. The van der Waals surface area contributed by atoms with Crippen molar-refractivity contribution in [1.29, 1.82) is 0 Å². The predicted octanol–water partition coefficient (Wildman–Crippen LogP) is 1.93. The molecule has 1 aliphatic heterocycles. The van der Waals surface area contributed by atoms with Gasteiger partial charge in [-0.15, -0.1) is 0 Å². The molecule has 0 amide bonds. The summed E-state index contributed by atoms with van der Waals surface area (Å²) < 4.78 is 0. The lowest BCUT2D eigenvalue weighted by molar-refractivity contribution is 0.397. The normalized spacial score (nSPS) is 47.1. The maximum atomic E-state index is 3.54. The molecule has 10 heavy (non-hydrogen) atoms. The van der Waals surface area contributed by atoms with E-state index in [4.69, 9.17) is 0 Å². The molecule has 1 nitrogen and oxygen atoms in total. The van der Waals surface area contributed by atoms with Crippen molar-refractivity contribution in [3.63, 3.8) is 0 Å². The van der Waals surface area contributed by atoms with Crippen molar-refractivity contribution in [1.82, 2.24) is 5.32 Å². The van der Waals surface area contributed by atoms with Gasteiger partial charge in [0.15, 0.2) is 0 Å². The Morgan fingerprint density at radius 3 is 2.80 bits per heavy atom. The van der Waals surface area contributed by atoms with Crippen LogP contribution in [-0.2, 0) is 0 Å². The molecule has 1 saturated carbocycles. The van der Waals surface area contributed by atoms with Gasteiger partial charge >= 0.3 is 0 Å². The fraction of sp³-hybridized carbons (Fsp3) is 1.00. The van der Waals surface area contributed by atoms with Crippen LogP contribution in [0, 0.1) is 5.92 Å². The van der Waals surface area contributed by atoms with Crippen molar-refractivity contribution in [2.75, 3.05) is 6.54 Å². The fourth-order valence-corrected chi connectivity index (χ4v) is 2.23. The van der Waals surface area contributed by atoms with Crippen LogP contribution in [0.1, 0.15) is 39.0 Å². The van der Waals surface area contributed by atoms with Gasteiger partial charge in [-0.1, -0.05) is 26.2 Å². The number of hydrogen-bond donors (Lipinski definition) is 1. The Hall–Kier alpha value is -0.0400. The van der Waals surface area contributed by atoms with Gasteiger partial charge in [-0.05, 0) is 18.8 Å². The summed E-state index contributed by atoms with van der Waals surface area (Å²) in [7, 11) is 0. The Balaban J connectivity index is 2.02. The zero-order chi connectivity index (χ0) is 7.03. The zero-order valence-corrected chi connectivity index (χ0v) is 6.82. The summed E-state index contributed by atoms with van der Waals surface area (Å²) in [6, 6.07) is 0. The third kappa shape index (κ3) is 0.968. The molecule has 1 saturated heterocycles. The van der Waals surface area contributed by atoms with Crippen LogP contribution in [0.25, 0.3) is 0 Å². The standard InChI is InChI=1S/C9H17N/c1-8-5-3-2-4-6-9(8)7-10-9/h8,10H,2-7H2,1H3. The van der Waals surface area contributed by atoms with Gasteiger partial charge in [-0.2, -0.15) is 0 Å². The Labute approximate surface area is 63.2 Å². The Bertz CT molecular complexity index is 127. The zero-order valence-electron chi connectivity index (χ0n) is 6.82. The fourth-order valence-electron chi connectivity index (χ4n) is 2.23. The maximum absolute atomic E-state index is 3.54. The van der Waals surface area contributed by atoms with Crippen LogP contribution in [-0.4, -0.2) is 12.1 Å². The molecule has 2 atom stereocenters. The summed E-state index contributed by atoms with van der Waals surface area (Å²) in [6.07, 6.45) is 7.27. The van der Waals surface area contributed by atoms with E-state index in [2.05, 4.69) is 12.2 Å². The molecule has 1 spiro atoms. The van der Waals surface area contributed by atoms with Crippen LogP contribution in [0.3, 0.4) is 0 Å². The molecule has 2 fully saturated rings. The molecule has 0 aromatic carbocycles. The summed E-state index contributed by atoms with van der Waals surface area (Å²) in [5.41, 5.74) is 0.622. The van der Waals surface area contributed by atoms with Gasteiger partial charge < -0.3 is 5.32 Å². The molecule has 0 bridgehead atoms. The highest BCUT2D eigenvalue weighted by atomic mass is 15.2. The van der Waals surface area contributed by atoms with E-state index in [1.165, 1.54) is 38.6 Å². The van der Waals surface area contributed by atoms with Crippen LogP contribution < -0.4 is 5.32 Å². The third-order valence-electron chi connectivity index (χ3n) is 3.33. The van der Waals surface area contributed by atoms with Gasteiger partial charge in [0.25, 0.3) is 0 Å². The maximum Gasteiger partial charge on any atom is 0.0332 e. The first-order valence-corrected chi connectivity index (χ1v) is 4.58. The van der Waals surface area contributed by atoms with Crippen molar-refractivity contribution in [2.24, 2.45) is 5.92 Å². The highest BCUT2D eigenvalue weighted by Crippen LogP contribution is 2.38. The smallest absolute Gasteiger partial charge is 0.0332 e. The molecule has 1 heterocycles. The molecule has 2 aliphatic rings. The largest absolute Gasteiger partial charge is 0.308 e. The summed E-state index contributed by atoms with van der Waals surface area (Å²) in [5, 5.41) is 3.54. The molecule has 1 aliphatic carbocycles. The molecule has 2 unspecified atom stereocenters. The lowest BCUT2D eigenvalue weighted by Gasteiger charge is -2.17. The first-order valence-electron chi connectivity index (χ1n) is 4.58. The first-order chi connectivity index (χ1) is 4.83. The van der Waals surface area contributed by atoms with Crippen molar-refractivity contribution >= 4 is 0 Å². The van der Waals surface area contributed by atoms with Crippen molar-refractivity contribution in [2.45, 2.75) is 44.6 Å². The molecule has 0 radical (unpaired) electrons. The molecule has 1 heteroatoms. The van der Waals surface area contributed by atoms with E-state index in [9.17, 15) is 0 Å². The SMILES string of the molecule is CC1CCCCCC12CN2. The average molecular weight is 139 g/mol. The van der Waals surface area contributed by atoms with Crippen LogP contribution in [0.5, 0.6) is 0 Å². The number of nitrogens with one attached hydrogen (secondary N) is 1. The van der Waals surface area contributed by atoms with Crippen LogP contribution in [0.4, 0.5) is 0 Å². The quantitative estimate of drug-likeness (QED) is 0.509. The van der Waals surface area contributed by atoms with Crippen LogP contribution in [0.2, 0.25) is 0 Å². The third-order valence-corrected chi connectivity index (χ3v) is 3.33. The molecule has 0 aromatic heterocycles. The minimum Gasteiger partial charge on any atom is -0.308 e.